The Labute approximate surface area is 125 Å². The zero-order valence-electron chi connectivity index (χ0n) is 12.6. The highest BCUT2D eigenvalue weighted by atomic mass is 16.3. The van der Waals surface area contributed by atoms with Crippen molar-refractivity contribution in [2.75, 3.05) is 11.9 Å². The molecule has 1 aromatic heterocycles. The Morgan fingerprint density at radius 3 is 2.76 bits per heavy atom. The molecule has 2 aromatic rings. The van der Waals surface area contributed by atoms with Crippen LogP contribution in [0.15, 0.2) is 47.1 Å². The first kappa shape index (κ1) is 15.3. The van der Waals surface area contributed by atoms with E-state index in [1.54, 1.807) is 6.26 Å². The Bertz CT molecular complexity index is 564. The number of nitrogens with one attached hydrogen (secondary N) is 2. The van der Waals surface area contributed by atoms with Gasteiger partial charge in [-0.2, -0.15) is 0 Å². The second kappa shape index (κ2) is 7.64. The van der Waals surface area contributed by atoms with Crippen molar-refractivity contribution in [2.45, 2.75) is 32.7 Å². The number of hydrogen-bond acceptors (Lipinski definition) is 3. The summed E-state index contributed by atoms with van der Waals surface area (Å²) in [6.07, 6.45) is 2.65. The van der Waals surface area contributed by atoms with E-state index in [0.29, 0.717) is 12.8 Å². The molecule has 4 nitrogen and oxygen atoms in total. The normalized spacial score (nSPS) is 12.1. The van der Waals surface area contributed by atoms with Gasteiger partial charge in [0.15, 0.2) is 0 Å². The van der Waals surface area contributed by atoms with E-state index in [0.717, 1.165) is 23.6 Å². The average molecular weight is 286 g/mol. The van der Waals surface area contributed by atoms with Gasteiger partial charge in [0.05, 0.1) is 6.26 Å². The van der Waals surface area contributed by atoms with Gasteiger partial charge in [-0.3, -0.25) is 4.79 Å². The Hall–Kier alpha value is -2.07. The van der Waals surface area contributed by atoms with E-state index < -0.39 is 0 Å². The number of benzene rings is 1. The Morgan fingerprint density at radius 1 is 1.24 bits per heavy atom. The third-order valence-corrected chi connectivity index (χ3v) is 3.39. The summed E-state index contributed by atoms with van der Waals surface area (Å²) in [5, 5.41) is 6.36. The van der Waals surface area contributed by atoms with Gasteiger partial charge in [0.25, 0.3) is 0 Å². The molecular formula is C17H22N2O2. The minimum atomic E-state index is 0.00236. The molecule has 1 unspecified atom stereocenters. The van der Waals surface area contributed by atoms with Gasteiger partial charge in [0, 0.05) is 24.6 Å². The molecule has 0 aliphatic rings. The second-order valence-corrected chi connectivity index (χ2v) is 4.99. The number of hydrogen-bond donors (Lipinski definition) is 2. The molecule has 4 heteroatoms. The number of carbonyl (C=O) groups excluding carboxylic acids is 1. The van der Waals surface area contributed by atoms with Crippen molar-refractivity contribution >= 4 is 11.6 Å². The van der Waals surface area contributed by atoms with Crippen LogP contribution < -0.4 is 10.6 Å². The van der Waals surface area contributed by atoms with Crippen molar-refractivity contribution in [3.8, 4) is 0 Å². The molecule has 0 aliphatic carbocycles. The average Bonchev–Trinajstić information content (AvgIpc) is 2.99. The highest BCUT2D eigenvalue weighted by molar-refractivity contribution is 5.91. The standard InChI is InChI=1S/C17H22N2O2/c1-3-18-13(2)15-8-4-5-9-16(15)19-17(20)11-10-14-7-6-12-21-14/h4-9,12-13,18H,3,10-11H2,1-2H3,(H,19,20). The van der Waals surface area contributed by atoms with E-state index in [4.69, 9.17) is 4.42 Å². The molecular weight excluding hydrogens is 264 g/mol. The molecule has 2 rings (SSSR count). The summed E-state index contributed by atoms with van der Waals surface area (Å²) in [6, 6.07) is 11.8. The lowest BCUT2D eigenvalue weighted by atomic mass is 10.1. The molecule has 1 amide bonds. The van der Waals surface area contributed by atoms with E-state index in [1.165, 1.54) is 0 Å². The third kappa shape index (κ3) is 4.46. The summed E-state index contributed by atoms with van der Waals surface area (Å²) in [5.74, 6) is 0.835. The molecule has 2 N–H and O–H groups in total. The van der Waals surface area contributed by atoms with Gasteiger partial charge in [0.1, 0.15) is 5.76 Å². The molecule has 0 radical (unpaired) electrons. The fraction of sp³-hybridized carbons (Fsp3) is 0.353. The molecule has 112 valence electrons. The van der Waals surface area contributed by atoms with Crippen LogP contribution >= 0.6 is 0 Å². The van der Waals surface area contributed by atoms with Crippen molar-refractivity contribution in [1.29, 1.82) is 0 Å². The third-order valence-electron chi connectivity index (χ3n) is 3.39. The van der Waals surface area contributed by atoms with Crippen LogP contribution in [0.4, 0.5) is 5.69 Å². The second-order valence-electron chi connectivity index (χ2n) is 4.99. The van der Waals surface area contributed by atoms with Crippen LogP contribution in [0.25, 0.3) is 0 Å². The van der Waals surface area contributed by atoms with Crippen LogP contribution in [0.3, 0.4) is 0 Å². The lowest BCUT2D eigenvalue weighted by Gasteiger charge is -2.17. The Balaban J connectivity index is 1.96. The minimum Gasteiger partial charge on any atom is -0.469 e. The minimum absolute atomic E-state index is 0.00236. The van der Waals surface area contributed by atoms with Crippen LogP contribution in [0.1, 0.15) is 37.6 Å². The number of furan rings is 1. The van der Waals surface area contributed by atoms with Crippen LogP contribution in [0.5, 0.6) is 0 Å². The molecule has 1 atom stereocenters. The highest BCUT2D eigenvalue weighted by Crippen LogP contribution is 2.22. The molecule has 0 spiro atoms. The molecule has 0 fully saturated rings. The number of rotatable bonds is 7. The number of carbonyl (C=O) groups is 1. The summed E-state index contributed by atoms with van der Waals surface area (Å²) >= 11 is 0. The van der Waals surface area contributed by atoms with E-state index in [2.05, 4.69) is 24.5 Å². The first-order valence-electron chi connectivity index (χ1n) is 7.35. The van der Waals surface area contributed by atoms with E-state index >= 15 is 0 Å². The summed E-state index contributed by atoms with van der Waals surface area (Å²) < 4.78 is 5.24. The first-order chi connectivity index (χ1) is 10.2. The SMILES string of the molecule is CCNC(C)c1ccccc1NC(=O)CCc1ccco1. The van der Waals surface area contributed by atoms with Crippen LogP contribution in [0.2, 0.25) is 0 Å². The molecule has 1 aromatic carbocycles. The summed E-state index contributed by atoms with van der Waals surface area (Å²) in [4.78, 5) is 12.1. The van der Waals surface area contributed by atoms with Gasteiger partial charge in [0.2, 0.25) is 5.91 Å². The maximum Gasteiger partial charge on any atom is 0.224 e. The van der Waals surface area contributed by atoms with Gasteiger partial charge < -0.3 is 15.1 Å². The number of para-hydroxylation sites is 1. The number of aryl methyl sites for hydroxylation is 1. The molecule has 0 saturated carbocycles. The fourth-order valence-corrected chi connectivity index (χ4v) is 2.31. The van der Waals surface area contributed by atoms with Gasteiger partial charge in [-0.05, 0) is 37.2 Å². The van der Waals surface area contributed by atoms with Crippen molar-refractivity contribution in [1.82, 2.24) is 5.32 Å². The summed E-state index contributed by atoms with van der Waals surface area (Å²) in [5.41, 5.74) is 1.97. The fourth-order valence-electron chi connectivity index (χ4n) is 2.31. The van der Waals surface area contributed by atoms with Crippen LogP contribution in [0, 0.1) is 0 Å². The smallest absolute Gasteiger partial charge is 0.224 e. The van der Waals surface area contributed by atoms with Crippen LogP contribution in [-0.4, -0.2) is 12.5 Å². The highest BCUT2D eigenvalue weighted by Gasteiger charge is 2.11. The lowest BCUT2D eigenvalue weighted by molar-refractivity contribution is -0.116. The van der Waals surface area contributed by atoms with Gasteiger partial charge in [-0.1, -0.05) is 25.1 Å². The monoisotopic (exact) mass is 286 g/mol. The maximum absolute atomic E-state index is 12.1. The van der Waals surface area contributed by atoms with Crippen molar-refractivity contribution in [2.24, 2.45) is 0 Å². The zero-order valence-corrected chi connectivity index (χ0v) is 12.6. The van der Waals surface area contributed by atoms with Gasteiger partial charge in [-0.15, -0.1) is 0 Å². The van der Waals surface area contributed by atoms with Gasteiger partial charge in [-0.25, -0.2) is 0 Å². The van der Waals surface area contributed by atoms with Crippen molar-refractivity contribution < 1.29 is 9.21 Å². The predicted molar refractivity (Wildman–Crippen MR) is 84.2 cm³/mol. The largest absolute Gasteiger partial charge is 0.469 e. The molecule has 0 bridgehead atoms. The van der Waals surface area contributed by atoms with Crippen LogP contribution in [-0.2, 0) is 11.2 Å². The molecule has 1 heterocycles. The summed E-state index contributed by atoms with van der Waals surface area (Å²) in [6.45, 7) is 5.06. The molecule has 0 saturated heterocycles. The quantitative estimate of drug-likeness (QED) is 0.818. The predicted octanol–water partition coefficient (Wildman–Crippen LogP) is 3.52. The first-order valence-corrected chi connectivity index (χ1v) is 7.35. The summed E-state index contributed by atoms with van der Waals surface area (Å²) in [7, 11) is 0. The van der Waals surface area contributed by atoms with E-state index in [-0.39, 0.29) is 11.9 Å². The zero-order chi connectivity index (χ0) is 15.1. The van der Waals surface area contributed by atoms with Crippen molar-refractivity contribution in [3.05, 3.63) is 54.0 Å². The van der Waals surface area contributed by atoms with E-state index in [1.807, 2.05) is 36.4 Å². The lowest BCUT2D eigenvalue weighted by Crippen LogP contribution is -2.20. The molecule has 21 heavy (non-hydrogen) atoms. The molecule has 0 aliphatic heterocycles. The number of anilines is 1. The van der Waals surface area contributed by atoms with Gasteiger partial charge >= 0.3 is 0 Å². The Kier molecular flexibility index (Phi) is 5.58. The number of amides is 1. The van der Waals surface area contributed by atoms with E-state index in [9.17, 15) is 4.79 Å². The topological polar surface area (TPSA) is 54.3 Å². The van der Waals surface area contributed by atoms with Crippen molar-refractivity contribution in [3.63, 3.8) is 0 Å². The maximum atomic E-state index is 12.1. The Morgan fingerprint density at radius 2 is 2.05 bits per heavy atom.